The van der Waals surface area contributed by atoms with E-state index in [0.717, 1.165) is 6.07 Å². The van der Waals surface area contributed by atoms with Gasteiger partial charge in [0.25, 0.3) is 0 Å². The Morgan fingerprint density at radius 3 is 2.38 bits per heavy atom. The third-order valence-electron chi connectivity index (χ3n) is 1.69. The molecule has 0 spiro atoms. The molecule has 5 heteroatoms. The van der Waals surface area contributed by atoms with E-state index in [4.69, 9.17) is 22.4 Å². The van der Waals surface area contributed by atoms with Gasteiger partial charge < -0.3 is 21.1 Å². The van der Waals surface area contributed by atoms with E-state index in [1.807, 2.05) is 0 Å². The molecule has 1 rings (SSSR count). The minimum absolute atomic E-state index is 0.0285. The summed E-state index contributed by atoms with van der Waals surface area (Å²) in [5.41, 5.74) is 5.53. The summed E-state index contributed by atoms with van der Waals surface area (Å²) >= 11 is 5.67. The Morgan fingerprint density at radius 2 is 1.85 bits per heavy atom. The fraction of sp³-hybridized carbons (Fsp3) is 0.250. The topological polar surface area (TPSA) is 86.7 Å². The quantitative estimate of drug-likeness (QED) is 0.426. The predicted octanol–water partition coefficient (Wildman–Crippen LogP) is 0.958. The maximum Gasteiger partial charge on any atom is 0.162 e. The van der Waals surface area contributed by atoms with Crippen molar-refractivity contribution in [3.63, 3.8) is 0 Å². The summed E-state index contributed by atoms with van der Waals surface area (Å²) in [5, 5.41) is 27.7. The molecule has 0 fully saturated rings. The van der Waals surface area contributed by atoms with Gasteiger partial charge >= 0.3 is 0 Å². The Kier molecular flexibility index (Phi) is 2.85. The van der Waals surface area contributed by atoms with Crippen LogP contribution < -0.4 is 5.73 Å². The van der Waals surface area contributed by atoms with Crippen LogP contribution in [0.15, 0.2) is 6.07 Å². The molecule has 0 unspecified atom stereocenters. The second kappa shape index (κ2) is 3.72. The highest BCUT2D eigenvalue weighted by Crippen LogP contribution is 2.40. The van der Waals surface area contributed by atoms with E-state index in [1.165, 1.54) is 0 Å². The second-order valence-electron chi connectivity index (χ2n) is 2.59. The molecule has 5 N–H and O–H groups in total. The average Bonchev–Trinajstić information content (AvgIpc) is 2.09. The molecule has 0 aliphatic rings. The zero-order valence-corrected chi connectivity index (χ0v) is 7.54. The average molecular weight is 204 g/mol. The monoisotopic (exact) mass is 203 g/mol. The number of rotatable bonds is 2. The van der Waals surface area contributed by atoms with Gasteiger partial charge in [-0.05, 0) is 13.0 Å². The maximum absolute atomic E-state index is 9.33. The Balaban J connectivity index is 3.28. The lowest BCUT2D eigenvalue weighted by atomic mass is 10.1. The smallest absolute Gasteiger partial charge is 0.162 e. The molecule has 0 aliphatic carbocycles. The molecule has 0 heterocycles. The fourth-order valence-corrected chi connectivity index (χ4v) is 1.29. The van der Waals surface area contributed by atoms with Crippen LogP contribution in [0.1, 0.15) is 5.56 Å². The van der Waals surface area contributed by atoms with Crippen LogP contribution in [0, 0.1) is 0 Å². The van der Waals surface area contributed by atoms with Crippen molar-refractivity contribution in [2.24, 2.45) is 5.73 Å². The second-order valence-corrected chi connectivity index (χ2v) is 2.97. The third kappa shape index (κ3) is 1.79. The summed E-state index contributed by atoms with van der Waals surface area (Å²) in [4.78, 5) is 0. The van der Waals surface area contributed by atoms with Crippen molar-refractivity contribution in [2.75, 3.05) is 6.54 Å². The molecule has 0 saturated carbocycles. The lowest BCUT2D eigenvalue weighted by molar-refractivity contribution is 0.392. The number of hydrogen-bond acceptors (Lipinski definition) is 4. The first-order chi connectivity index (χ1) is 6.07. The zero-order chi connectivity index (χ0) is 10.0. The number of phenols is 3. The zero-order valence-electron chi connectivity index (χ0n) is 6.79. The molecule has 0 bridgehead atoms. The lowest BCUT2D eigenvalue weighted by Gasteiger charge is -2.08. The van der Waals surface area contributed by atoms with Crippen LogP contribution in [0.5, 0.6) is 17.2 Å². The highest BCUT2D eigenvalue weighted by molar-refractivity contribution is 6.33. The molecule has 0 aromatic heterocycles. The van der Waals surface area contributed by atoms with Crippen molar-refractivity contribution in [1.29, 1.82) is 0 Å². The van der Waals surface area contributed by atoms with E-state index in [0.29, 0.717) is 6.42 Å². The van der Waals surface area contributed by atoms with E-state index in [2.05, 4.69) is 0 Å². The SMILES string of the molecule is NCCc1c(O)c(O)cc(O)c1Cl. The molecule has 1 aromatic rings. The molecule has 13 heavy (non-hydrogen) atoms. The number of halogens is 1. The summed E-state index contributed by atoms with van der Waals surface area (Å²) in [5.74, 6) is -0.987. The Bertz CT molecular complexity index is 301. The van der Waals surface area contributed by atoms with Crippen molar-refractivity contribution in [3.05, 3.63) is 16.7 Å². The van der Waals surface area contributed by atoms with Crippen molar-refractivity contribution in [1.82, 2.24) is 0 Å². The van der Waals surface area contributed by atoms with Crippen LogP contribution in [0.25, 0.3) is 0 Å². The summed E-state index contributed by atoms with van der Waals surface area (Å²) < 4.78 is 0. The fourth-order valence-electron chi connectivity index (χ4n) is 1.05. The van der Waals surface area contributed by atoms with Crippen LogP contribution in [-0.2, 0) is 6.42 Å². The molecule has 0 radical (unpaired) electrons. The van der Waals surface area contributed by atoms with E-state index >= 15 is 0 Å². The molecular formula is C8H10ClNO3. The number of benzene rings is 1. The normalized spacial score (nSPS) is 10.3. The standard InChI is InChI=1S/C8H10ClNO3/c9-7-4(1-2-10)8(13)6(12)3-5(7)11/h3,11-13H,1-2,10H2. The van der Waals surface area contributed by atoms with Crippen LogP contribution in [0.4, 0.5) is 0 Å². The number of hydrogen-bond donors (Lipinski definition) is 4. The van der Waals surface area contributed by atoms with Gasteiger partial charge in [0.2, 0.25) is 0 Å². The van der Waals surface area contributed by atoms with E-state index < -0.39 is 5.75 Å². The summed E-state index contributed by atoms with van der Waals surface area (Å²) in [6, 6.07) is 0.984. The first-order valence-electron chi connectivity index (χ1n) is 3.70. The number of phenolic OH excluding ortho intramolecular Hbond substituents is 3. The summed E-state index contributed by atoms with van der Waals surface area (Å²) in [7, 11) is 0. The van der Waals surface area contributed by atoms with Crippen LogP contribution >= 0.6 is 11.6 Å². The molecular weight excluding hydrogens is 194 g/mol. The largest absolute Gasteiger partial charge is 0.506 e. The van der Waals surface area contributed by atoms with Gasteiger partial charge in [-0.2, -0.15) is 0 Å². The van der Waals surface area contributed by atoms with Crippen LogP contribution in [0.2, 0.25) is 5.02 Å². The third-order valence-corrected chi connectivity index (χ3v) is 2.11. The Labute approximate surface area is 80.2 Å². The summed E-state index contributed by atoms with van der Waals surface area (Å²) in [6.45, 7) is 0.274. The summed E-state index contributed by atoms with van der Waals surface area (Å²) in [6.07, 6.45) is 0.298. The highest BCUT2D eigenvalue weighted by atomic mass is 35.5. The van der Waals surface area contributed by atoms with Crippen LogP contribution in [-0.4, -0.2) is 21.9 Å². The van der Waals surface area contributed by atoms with Gasteiger partial charge in [-0.3, -0.25) is 0 Å². The highest BCUT2D eigenvalue weighted by Gasteiger charge is 2.14. The van der Waals surface area contributed by atoms with Gasteiger partial charge in [-0.1, -0.05) is 11.6 Å². The number of nitrogens with two attached hydrogens (primary N) is 1. The first-order valence-corrected chi connectivity index (χ1v) is 4.08. The molecule has 1 aromatic carbocycles. The molecule has 0 atom stereocenters. The van der Waals surface area contributed by atoms with Crippen molar-refractivity contribution >= 4 is 11.6 Å². The van der Waals surface area contributed by atoms with Gasteiger partial charge in [-0.25, -0.2) is 0 Å². The molecule has 0 saturated heterocycles. The van der Waals surface area contributed by atoms with Crippen LogP contribution in [0.3, 0.4) is 0 Å². The van der Waals surface area contributed by atoms with Gasteiger partial charge in [0.05, 0.1) is 5.02 Å². The predicted molar refractivity (Wildman–Crippen MR) is 49.2 cm³/mol. The molecule has 0 amide bonds. The van der Waals surface area contributed by atoms with E-state index in [-0.39, 0.29) is 28.6 Å². The van der Waals surface area contributed by atoms with E-state index in [9.17, 15) is 10.2 Å². The molecule has 0 aliphatic heterocycles. The Hall–Kier alpha value is -1.13. The maximum atomic E-state index is 9.33. The first kappa shape index (κ1) is 9.95. The van der Waals surface area contributed by atoms with Gasteiger partial charge in [0.1, 0.15) is 5.75 Å². The Morgan fingerprint density at radius 1 is 1.23 bits per heavy atom. The minimum Gasteiger partial charge on any atom is -0.506 e. The van der Waals surface area contributed by atoms with Crippen molar-refractivity contribution in [3.8, 4) is 17.2 Å². The molecule has 72 valence electrons. The number of aromatic hydroxyl groups is 3. The van der Waals surface area contributed by atoms with Crippen molar-refractivity contribution < 1.29 is 15.3 Å². The minimum atomic E-state index is -0.398. The molecule has 4 nitrogen and oxygen atoms in total. The lowest BCUT2D eigenvalue weighted by Crippen LogP contribution is -2.03. The van der Waals surface area contributed by atoms with Gasteiger partial charge in [0, 0.05) is 11.6 Å². The van der Waals surface area contributed by atoms with Crippen molar-refractivity contribution in [2.45, 2.75) is 6.42 Å². The van der Waals surface area contributed by atoms with Gasteiger partial charge in [0.15, 0.2) is 11.5 Å². The van der Waals surface area contributed by atoms with Gasteiger partial charge in [-0.15, -0.1) is 0 Å². The van der Waals surface area contributed by atoms with E-state index in [1.54, 1.807) is 0 Å².